The second-order valence-electron chi connectivity index (χ2n) is 6.14. The van der Waals surface area contributed by atoms with Crippen LogP contribution in [0, 0.1) is 0 Å². The summed E-state index contributed by atoms with van der Waals surface area (Å²) < 4.78 is 0. The smallest absolute Gasteiger partial charge is 0.323 e. The number of hydrogen-bond acceptors (Lipinski definition) is 6. The molecule has 1 aromatic heterocycles. The zero-order valence-corrected chi connectivity index (χ0v) is 15.6. The Morgan fingerprint density at radius 2 is 1.45 bits per heavy atom. The number of nitrogens with zero attached hydrogens (tertiary/aromatic N) is 2. The first-order valence-corrected chi connectivity index (χ1v) is 8.77. The first kappa shape index (κ1) is 20.1. The van der Waals surface area contributed by atoms with Crippen molar-refractivity contribution in [3.8, 4) is 5.75 Å². The number of benzene rings is 2. The van der Waals surface area contributed by atoms with E-state index >= 15 is 0 Å². The van der Waals surface area contributed by atoms with E-state index < -0.39 is 30.8 Å². The molecule has 0 aliphatic carbocycles. The standard InChI is InChI=1S/C20H15ClN2O6/c21-20-12-6-2-1-5-11(12)18(28)17(22-20)19(29)13-7-3-4-8-14(13)23(9-15(24)25)10-16(26)27/h1-8,28H,9-10H2,(H,24,25)(H,26,27). The Labute approximate surface area is 169 Å². The first-order valence-electron chi connectivity index (χ1n) is 8.39. The second kappa shape index (κ2) is 8.15. The van der Waals surface area contributed by atoms with Gasteiger partial charge in [0.2, 0.25) is 5.78 Å². The number of hydrogen-bond donors (Lipinski definition) is 3. The lowest BCUT2D eigenvalue weighted by Crippen LogP contribution is -2.35. The van der Waals surface area contributed by atoms with Crippen molar-refractivity contribution in [1.29, 1.82) is 0 Å². The molecule has 29 heavy (non-hydrogen) atoms. The Hall–Kier alpha value is -3.65. The molecule has 0 aliphatic rings. The molecule has 0 amide bonds. The van der Waals surface area contributed by atoms with E-state index in [1.807, 2.05) is 0 Å². The summed E-state index contributed by atoms with van der Waals surface area (Å²) in [5, 5.41) is 29.6. The average Bonchev–Trinajstić information content (AvgIpc) is 2.69. The minimum atomic E-state index is -1.26. The van der Waals surface area contributed by atoms with Crippen LogP contribution < -0.4 is 4.90 Å². The number of carboxylic acids is 2. The summed E-state index contributed by atoms with van der Waals surface area (Å²) in [5.74, 6) is -3.61. The number of rotatable bonds is 7. The molecular weight excluding hydrogens is 400 g/mol. The molecule has 8 nitrogen and oxygen atoms in total. The number of pyridine rings is 1. The topological polar surface area (TPSA) is 128 Å². The van der Waals surface area contributed by atoms with Crippen molar-refractivity contribution in [2.75, 3.05) is 18.0 Å². The van der Waals surface area contributed by atoms with Gasteiger partial charge in [-0.1, -0.05) is 48.0 Å². The summed E-state index contributed by atoms with van der Waals surface area (Å²) in [4.78, 5) is 40.6. The number of para-hydroxylation sites is 1. The van der Waals surface area contributed by atoms with Crippen LogP contribution >= 0.6 is 11.6 Å². The van der Waals surface area contributed by atoms with E-state index in [4.69, 9.17) is 21.8 Å². The van der Waals surface area contributed by atoms with E-state index in [1.165, 1.54) is 18.2 Å². The number of aliphatic carboxylic acids is 2. The number of aromatic hydroxyl groups is 1. The third-order valence-corrected chi connectivity index (χ3v) is 4.48. The number of ketones is 1. The van der Waals surface area contributed by atoms with Crippen molar-refractivity contribution < 1.29 is 29.7 Å². The highest BCUT2D eigenvalue weighted by Gasteiger charge is 2.25. The van der Waals surface area contributed by atoms with Crippen LogP contribution in [-0.2, 0) is 9.59 Å². The summed E-state index contributed by atoms with van der Waals surface area (Å²) in [6.07, 6.45) is 0. The summed E-state index contributed by atoms with van der Waals surface area (Å²) in [5.41, 5.74) is -0.233. The molecule has 2 aromatic carbocycles. The van der Waals surface area contributed by atoms with Gasteiger partial charge >= 0.3 is 11.9 Å². The molecule has 3 aromatic rings. The molecule has 0 atom stereocenters. The van der Waals surface area contributed by atoms with Crippen LogP contribution in [0.15, 0.2) is 48.5 Å². The number of aromatic nitrogens is 1. The largest absolute Gasteiger partial charge is 0.505 e. The normalized spacial score (nSPS) is 10.7. The highest BCUT2D eigenvalue weighted by molar-refractivity contribution is 6.35. The maximum absolute atomic E-state index is 13.2. The van der Waals surface area contributed by atoms with Gasteiger partial charge in [-0.3, -0.25) is 14.4 Å². The van der Waals surface area contributed by atoms with Crippen molar-refractivity contribution in [2.24, 2.45) is 0 Å². The first-order chi connectivity index (χ1) is 13.8. The number of carboxylic acid groups (broad SMARTS) is 2. The molecule has 3 rings (SSSR count). The molecule has 0 aliphatic heterocycles. The van der Waals surface area contributed by atoms with Crippen molar-refractivity contribution in [2.45, 2.75) is 0 Å². The molecule has 148 valence electrons. The Morgan fingerprint density at radius 3 is 2.07 bits per heavy atom. The molecule has 0 unspecified atom stereocenters. The molecule has 9 heteroatoms. The van der Waals surface area contributed by atoms with E-state index in [0.29, 0.717) is 10.8 Å². The third kappa shape index (κ3) is 4.12. The van der Waals surface area contributed by atoms with Gasteiger partial charge in [0.25, 0.3) is 0 Å². The maximum Gasteiger partial charge on any atom is 0.323 e. The Morgan fingerprint density at radius 1 is 0.897 bits per heavy atom. The van der Waals surface area contributed by atoms with Crippen molar-refractivity contribution in [3.05, 3.63) is 64.9 Å². The lowest BCUT2D eigenvalue weighted by atomic mass is 10.0. The van der Waals surface area contributed by atoms with Crippen molar-refractivity contribution >= 4 is 45.8 Å². The van der Waals surface area contributed by atoms with E-state index in [1.54, 1.807) is 30.3 Å². The van der Waals surface area contributed by atoms with Gasteiger partial charge in [-0.2, -0.15) is 0 Å². The van der Waals surface area contributed by atoms with Gasteiger partial charge < -0.3 is 20.2 Å². The van der Waals surface area contributed by atoms with Crippen LogP contribution in [0.5, 0.6) is 5.75 Å². The molecule has 0 saturated carbocycles. The summed E-state index contributed by atoms with van der Waals surface area (Å²) in [7, 11) is 0. The van der Waals surface area contributed by atoms with E-state index in [9.17, 15) is 19.5 Å². The van der Waals surface area contributed by atoms with Crippen molar-refractivity contribution in [3.63, 3.8) is 0 Å². The van der Waals surface area contributed by atoms with Gasteiger partial charge in [0.05, 0.1) is 0 Å². The number of anilines is 1. The van der Waals surface area contributed by atoms with E-state index in [0.717, 1.165) is 4.90 Å². The number of halogens is 1. The van der Waals surface area contributed by atoms with Crippen LogP contribution in [0.25, 0.3) is 10.8 Å². The molecular formula is C20H15ClN2O6. The van der Waals surface area contributed by atoms with Crippen LogP contribution in [0.3, 0.4) is 0 Å². The van der Waals surface area contributed by atoms with Gasteiger partial charge in [0, 0.05) is 22.0 Å². The fourth-order valence-corrected chi connectivity index (χ4v) is 3.24. The quantitative estimate of drug-likeness (QED) is 0.397. The fourth-order valence-electron chi connectivity index (χ4n) is 2.99. The zero-order chi connectivity index (χ0) is 21.1. The fraction of sp³-hybridized carbons (Fsp3) is 0.100. The molecule has 0 bridgehead atoms. The average molecular weight is 415 g/mol. The highest BCUT2D eigenvalue weighted by Crippen LogP contribution is 2.34. The Balaban J connectivity index is 2.14. The minimum absolute atomic E-state index is 0.0100. The summed E-state index contributed by atoms with van der Waals surface area (Å²) in [6.45, 7) is -1.26. The van der Waals surface area contributed by atoms with E-state index in [2.05, 4.69) is 4.98 Å². The molecule has 0 radical (unpaired) electrons. The van der Waals surface area contributed by atoms with Crippen LogP contribution in [0.1, 0.15) is 16.1 Å². The third-order valence-electron chi connectivity index (χ3n) is 4.20. The van der Waals surface area contributed by atoms with Crippen molar-refractivity contribution in [1.82, 2.24) is 4.98 Å². The maximum atomic E-state index is 13.2. The lowest BCUT2D eigenvalue weighted by Gasteiger charge is -2.23. The second-order valence-corrected chi connectivity index (χ2v) is 6.49. The Kier molecular flexibility index (Phi) is 5.65. The van der Waals surface area contributed by atoms with Crippen LogP contribution in [0.4, 0.5) is 5.69 Å². The van der Waals surface area contributed by atoms with Crippen LogP contribution in [0.2, 0.25) is 5.15 Å². The minimum Gasteiger partial charge on any atom is -0.505 e. The van der Waals surface area contributed by atoms with Gasteiger partial charge in [-0.25, -0.2) is 4.98 Å². The zero-order valence-electron chi connectivity index (χ0n) is 14.9. The molecule has 3 N–H and O–H groups in total. The lowest BCUT2D eigenvalue weighted by molar-refractivity contribution is -0.136. The number of carbonyl (C=O) groups excluding carboxylic acids is 1. The highest BCUT2D eigenvalue weighted by atomic mass is 35.5. The predicted molar refractivity (Wildman–Crippen MR) is 106 cm³/mol. The van der Waals surface area contributed by atoms with Gasteiger partial charge in [-0.05, 0) is 12.1 Å². The monoisotopic (exact) mass is 414 g/mol. The number of carbonyl (C=O) groups is 3. The van der Waals surface area contributed by atoms with Crippen LogP contribution in [-0.4, -0.2) is 51.1 Å². The Bertz CT molecular complexity index is 1120. The van der Waals surface area contributed by atoms with Gasteiger partial charge in [-0.15, -0.1) is 0 Å². The van der Waals surface area contributed by atoms with E-state index in [-0.39, 0.29) is 27.8 Å². The molecule has 0 spiro atoms. The molecule has 1 heterocycles. The SMILES string of the molecule is O=C(O)CN(CC(=O)O)c1ccccc1C(=O)c1nc(Cl)c2ccccc2c1O. The molecule has 0 saturated heterocycles. The summed E-state index contributed by atoms with van der Waals surface area (Å²) >= 11 is 6.17. The molecule has 0 fully saturated rings. The van der Waals surface area contributed by atoms with Gasteiger partial charge in [0.1, 0.15) is 18.2 Å². The summed E-state index contributed by atoms with van der Waals surface area (Å²) in [6, 6.07) is 12.5. The number of fused-ring (bicyclic) bond motifs is 1. The van der Waals surface area contributed by atoms with Gasteiger partial charge in [0.15, 0.2) is 11.4 Å². The predicted octanol–water partition coefficient (Wildman–Crippen LogP) is 2.80.